The quantitative estimate of drug-likeness (QED) is 0.902. The first-order valence-corrected chi connectivity index (χ1v) is 7.81. The standard InChI is InChI=1S/C18H14F3N3/c19-18(20,21)14-8-6-11(9-22)17(23-14)24-16-13-7-5-10-3-1-2-4-12(10)15(13)16/h1-4,6,8,13,15-16H,5,7H2,(H,23,24). The maximum Gasteiger partial charge on any atom is 0.433 e. The molecule has 4 rings (SSSR count). The molecule has 0 aliphatic heterocycles. The lowest BCUT2D eigenvalue weighted by Gasteiger charge is -2.13. The van der Waals surface area contributed by atoms with E-state index in [2.05, 4.69) is 22.4 Å². The van der Waals surface area contributed by atoms with E-state index < -0.39 is 11.9 Å². The predicted molar refractivity (Wildman–Crippen MR) is 82.4 cm³/mol. The van der Waals surface area contributed by atoms with E-state index in [1.807, 2.05) is 18.2 Å². The van der Waals surface area contributed by atoms with Crippen molar-refractivity contribution in [2.75, 3.05) is 5.32 Å². The third kappa shape index (κ3) is 2.41. The Bertz CT molecular complexity index is 838. The number of nitriles is 1. The average molecular weight is 329 g/mol. The second-order valence-electron chi connectivity index (χ2n) is 6.30. The second-order valence-corrected chi connectivity index (χ2v) is 6.30. The van der Waals surface area contributed by atoms with Crippen molar-refractivity contribution >= 4 is 5.82 Å². The molecule has 2 aromatic rings. The molecule has 0 radical (unpaired) electrons. The molecule has 1 aromatic carbocycles. The second kappa shape index (κ2) is 5.23. The number of benzene rings is 1. The molecule has 3 nitrogen and oxygen atoms in total. The fraction of sp³-hybridized carbons (Fsp3) is 0.333. The summed E-state index contributed by atoms with van der Waals surface area (Å²) in [5.74, 6) is 0.713. The van der Waals surface area contributed by atoms with Crippen LogP contribution in [0.15, 0.2) is 36.4 Å². The number of halogens is 3. The highest BCUT2D eigenvalue weighted by molar-refractivity contribution is 5.56. The molecule has 1 saturated carbocycles. The van der Waals surface area contributed by atoms with Crippen molar-refractivity contribution in [3.05, 3.63) is 58.8 Å². The molecule has 1 aromatic heterocycles. The van der Waals surface area contributed by atoms with Gasteiger partial charge in [-0.15, -0.1) is 0 Å². The largest absolute Gasteiger partial charge is 0.433 e. The number of anilines is 1. The number of aryl methyl sites for hydroxylation is 1. The number of hydrogen-bond acceptors (Lipinski definition) is 3. The molecule has 3 atom stereocenters. The lowest BCUT2D eigenvalue weighted by molar-refractivity contribution is -0.141. The van der Waals surface area contributed by atoms with Crippen LogP contribution in [-0.4, -0.2) is 11.0 Å². The first-order valence-electron chi connectivity index (χ1n) is 7.81. The van der Waals surface area contributed by atoms with Crippen LogP contribution in [0.3, 0.4) is 0 Å². The Hall–Kier alpha value is -2.55. The Morgan fingerprint density at radius 2 is 1.96 bits per heavy atom. The molecule has 1 N–H and O–H groups in total. The van der Waals surface area contributed by atoms with Gasteiger partial charge in [0, 0.05) is 12.0 Å². The molecule has 0 spiro atoms. The van der Waals surface area contributed by atoms with Crippen LogP contribution in [0, 0.1) is 17.2 Å². The molecule has 0 bridgehead atoms. The first-order chi connectivity index (χ1) is 11.5. The van der Waals surface area contributed by atoms with Crippen LogP contribution in [0.4, 0.5) is 19.0 Å². The molecule has 6 heteroatoms. The lowest BCUT2D eigenvalue weighted by Crippen LogP contribution is -2.14. The van der Waals surface area contributed by atoms with E-state index in [1.165, 1.54) is 17.2 Å². The summed E-state index contributed by atoms with van der Waals surface area (Å²) >= 11 is 0. The van der Waals surface area contributed by atoms with Crippen molar-refractivity contribution < 1.29 is 13.2 Å². The van der Waals surface area contributed by atoms with Crippen molar-refractivity contribution in [2.24, 2.45) is 5.92 Å². The van der Waals surface area contributed by atoms with E-state index in [-0.39, 0.29) is 23.3 Å². The molecule has 24 heavy (non-hydrogen) atoms. The fourth-order valence-electron chi connectivity index (χ4n) is 3.74. The Morgan fingerprint density at radius 1 is 1.17 bits per heavy atom. The third-order valence-electron chi connectivity index (χ3n) is 4.94. The highest BCUT2D eigenvalue weighted by Crippen LogP contribution is 2.55. The zero-order valence-electron chi connectivity index (χ0n) is 12.6. The number of pyridine rings is 1. The van der Waals surface area contributed by atoms with Gasteiger partial charge in [0.2, 0.25) is 0 Å². The summed E-state index contributed by atoms with van der Waals surface area (Å²) in [5.41, 5.74) is 1.73. The molecule has 3 unspecified atom stereocenters. The monoisotopic (exact) mass is 329 g/mol. The van der Waals surface area contributed by atoms with Crippen LogP contribution in [0.2, 0.25) is 0 Å². The summed E-state index contributed by atoms with van der Waals surface area (Å²) < 4.78 is 38.6. The minimum atomic E-state index is -4.52. The van der Waals surface area contributed by atoms with Crippen molar-refractivity contribution in [1.29, 1.82) is 5.26 Å². The van der Waals surface area contributed by atoms with Gasteiger partial charge in [0.1, 0.15) is 17.6 Å². The van der Waals surface area contributed by atoms with Crippen LogP contribution in [0.25, 0.3) is 0 Å². The highest BCUT2D eigenvalue weighted by atomic mass is 19.4. The van der Waals surface area contributed by atoms with E-state index in [9.17, 15) is 13.2 Å². The van der Waals surface area contributed by atoms with Gasteiger partial charge in [0.25, 0.3) is 0 Å². The topological polar surface area (TPSA) is 48.7 Å². The van der Waals surface area contributed by atoms with Gasteiger partial charge < -0.3 is 5.32 Å². The summed E-state index contributed by atoms with van der Waals surface area (Å²) in [7, 11) is 0. The minimum Gasteiger partial charge on any atom is -0.365 e. The van der Waals surface area contributed by atoms with Gasteiger partial charge in [-0.1, -0.05) is 24.3 Å². The molecular formula is C18H14F3N3. The van der Waals surface area contributed by atoms with E-state index in [4.69, 9.17) is 5.26 Å². The average Bonchev–Trinajstić information content (AvgIpc) is 3.27. The molecule has 2 aliphatic rings. The predicted octanol–water partition coefficient (Wildman–Crippen LogP) is 4.11. The number of nitrogens with zero attached hydrogens (tertiary/aromatic N) is 2. The number of hydrogen-bond donors (Lipinski definition) is 1. The van der Waals surface area contributed by atoms with Gasteiger partial charge in [-0.05, 0) is 42.0 Å². The van der Waals surface area contributed by atoms with Gasteiger partial charge in [-0.2, -0.15) is 18.4 Å². The molecule has 1 heterocycles. The van der Waals surface area contributed by atoms with Gasteiger partial charge in [-0.3, -0.25) is 0 Å². The summed E-state index contributed by atoms with van der Waals surface area (Å²) in [6.45, 7) is 0. The van der Waals surface area contributed by atoms with E-state index in [1.54, 1.807) is 0 Å². The van der Waals surface area contributed by atoms with Crippen LogP contribution in [-0.2, 0) is 12.6 Å². The van der Waals surface area contributed by atoms with Crippen LogP contribution in [0.5, 0.6) is 0 Å². The van der Waals surface area contributed by atoms with Crippen LogP contribution < -0.4 is 5.32 Å². The highest BCUT2D eigenvalue weighted by Gasteiger charge is 2.53. The number of aromatic nitrogens is 1. The zero-order chi connectivity index (χ0) is 16.9. The van der Waals surface area contributed by atoms with E-state index in [0.717, 1.165) is 18.9 Å². The normalized spacial score (nSPS) is 24.5. The number of rotatable bonds is 2. The number of alkyl halides is 3. The maximum absolute atomic E-state index is 12.9. The molecule has 122 valence electrons. The number of fused-ring (bicyclic) bond motifs is 3. The molecule has 0 amide bonds. The molecule has 1 fully saturated rings. The van der Waals surface area contributed by atoms with Gasteiger partial charge in [-0.25, -0.2) is 4.98 Å². The van der Waals surface area contributed by atoms with E-state index >= 15 is 0 Å². The summed E-state index contributed by atoms with van der Waals surface area (Å²) in [5, 5.41) is 12.2. The SMILES string of the molecule is N#Cc1ccc(C(F)(F)F)nc1NC1C2CCc3ccccc3C21. The van der Waals surface area contributed by atoms with Crippen LogP contribution >= 0.6 is 0 Å². The van der Waals surface area contributed by atoms with Crippen LogP contribution in [0.1, 0.15) is 34.7 Å². The van der Waals surface area contributed by atoms with Crippen molar-refractivity contribution in [2.45, 2.75) is 31.0 Å². The van der Waals surface area contributed by atoms with E-state index in [0.29, 0.717) is 5.92 Å². The Labute approximate surface area is 137 Å². The molecule has 0 saturated heterocycles. The van der Waals surface area contributed by atoms with Crippen molar-refractivity contribution in [3.63, 3.8) is 0 Å². The third-order valence-corrected chi connectivity index (χ3v) is 4.94. The number of nitrogens with one attached hydrogen (secondary N) is 1. The molecular weight excluding hydrogens is 315 g/mol. The Kier molecular flexibility index (Phi) is 3.27. The summed E-state index contributed by atoms with van der Waals surface area (Å²) in [4.78, 5) is 3.65. The fourth-order valence-corrected chi connectivity index (χ4v) is 3.74. The van der Waals surface area contributed by atoms with Gasteiger partial charge in [0.15, 0.2) is 0 Å². The minimum absolute atomic E-state index is 0.0317. The van der Waals surface area contributed by atoms with Crippen molar-refractivity contribution in [1.82, 2.24) is 4.98 Å². The zero-order valence-corrected chi connectivity index (χ0v) is 12.6. The van der Waals surface area contributed by atoms with Gasteiger partial charge >= 0.3 is 6.18 Å². The Balaban J connectivity index is 1.63. The smallest absolute Gasteiger partial charge is 0.365 e. The summed E-state index contributed by atoms with van der Waals surface area (Å²) in [6, 6.07) is 12.2. The maximum atomic E-state index is 12.9. The summed E-state index contributed by atoms with van der Waals surface area (Å²) in [6.07, 6.45) is -2.54. The van der Waals surface area contributed by atoms with Gasteiger partial charge in [0.05, 0.1) is 5.56 Å². The van der Waals surface area contributed by atoms with Crippen molar-refractivity contribution in [3.8, 4) is 6.07 Å². The molecule has 2 aliphatic carbocycles. The Morgan fingerprint density at radius 3 is 2.71 bits per heavy atom. The first kappa shape index (κ1) is 15.0. The lowest BCUT2D eigenvalue weighted by atomic mass is 9.92.